The summed E-state index contributed by atoms with van der Waals surface area (Å²) in [7, 11) is 0. The van der Waals surface area contributed by atoms with E-state index in [-0.39, 0.29) is 30.3 Å². The van der Waals surface area contributed by atoms with Gasteiger partial charge in [0.15, 0.2) is 0 Å². The van der Waals surface area contributed by atoms with Crippen LogP contribution in [-0.4, -0.2) is 40.7 Å². The molecule has 7 heteroatoms. The second-order valence-corrected chi connectivity index (χ2v) is 10.1. The predicted molar refractivity (Wildman–Crippen MR) is 136 cm³/mol. The average Bonchev–Trinajstić information content (AvgIpc) is 2.90. The second kappa shape index (κ2) is 10.0. The minimum absolute atomic E-state index is 0.0138. The third-order valence-corrected chi connectivity index (χ3v) is 7.58. The lowest BCUT2D eigenvalue weighted by Gasteiger charge is -2.47. The van der Waals surface area contributed by atoms with Crippen molar-refractivity contribution in [1.82, 2.24) is 9.80 Å². The highest BCUT2D eigenvalue weighted by Crippen LogP contribution is 2.34. The Morgan fingerprint density at radius 1 is 0.892 bits per heavy atom. The van der Waals surface area contributed by atoms with Gasteiger partial charge in [-0.1, -0.05) is 54.1 Å². The summed E-state index contributed by atoms with van der Waals surface area (Å²) < 4.78 is 38.7. The first kappa shape index (κ1) is 25.1. The highest BCUT2D eigenvalue weighted by Gasteiger charge is 2.40. The number of rotatable bonds is 4. The molecule has 3 aromatic carbocycles. The molecule has 0 aliphatic carbocycles. The molecule has 2 amide bonds. The van der Waals surface area contributed by atoms with Gasteiger partial charge in [0, 0.05) is 37.7 Å². The van der Waals surface area contributed by atoms with Crippen LogP contribution in [0.4, 0.5) is 13.2 Å². The molecule has 0 saturated carbocycles. The molecule has 2 saturated heterocycles. The Hall–Kier alpha value is -3.61. The Labute approximate surface area is 214 Å². The van der Waals surface area contributed by atoms with Crippen molar-refractivity contribution in [1.29, 1.82) is 0 Å². The van der Waals surface area contributed by atoms with Crippen LogP contribution in [0.15, 0.2) is 72.8 Å². The first-order chi connectivity index (χ1) is 17.7. The molecule has 4 nitrogen and oxygen atoms in total. The molecule has 3 aromatic rings. The van der Waals surface area contributed by atoms with Crippen LogP contribution in [-0.2, 0) is 17.5 Å². The molecule has 2 heterocycles. The largest absolute Gasteiger partial charge is 0.416 e. The van der Waals surface area contributed by atoms with Crippen LogP contribution in [0.2, 0.25) is 0 Å². The maximum atomic E-state index is 13.3. The van der Waals surface area contributed by atoms with Crippen LogP contribution < -0.4 is 0 Å². The van der Waals surface area contributed by atoms with Gasteiger partial charge >= 0.3 is 6.18 Å². The smallest absolute Gasteiger partial charge is 0.338 e. The van der Waals surface area contributed by atoms with Gasteiger partial charge in [-0.2, -0.15) is 13.2 Å². The molecule has 2 atom stereocenters. The summed E-state index contributed by atoms with van der Waals surface area (Å²) in [5, 5.41) is 0. The number of likely N-dealkylation sites (tertiary alicyclic amines) is 2. The summed E-state index contributed by atoms with van der Waals surface area (Å²) in [6.45, 7) is 3.44. The minimum Gasteiger partial charge on any atom is -0.338 e. The Kier molecular flexibility index (Phi) is 6.80. The van der Waals surface area contributed by atoms with Gasteiger partial charge in [-0.15, -0.1) is 0 Å². The van der Waals surface area contributed by atoms with Crippen LogP contribution in [0, 0.1) is 12.8 Å². The lowest BCUT2D eigenvalue weighted by Crippen LogP contribution is -2.56. The van der Waals surface area contributed by atoms with E-state index in [1.165, 1.54) is 17.7 Å². The third kappa shape index (κ3) is 5.41. The molecule has 2 fully saturated rings. The highest BCUT2D eigenvalue weighted by atomic mass is 19.4. The van der Waals surface area contributed by atoms with Gasteiger partial charge < -0.3 is 9.80 Å². The Bertz CT molecular complexity index is 1270. The number of alkyl halides is 3. The van der Waals surface area contributed by atoms with Crippen LogP contribution >= 0.6 is 0 Å². The quantitative estimate of drug-likeness (QED) is 0.415. The van der Waals surface area contributed by atoms with Gasteiger partial charge in [0.1, 0.15) is 0 Å². The molecule has 192 valence electrons. The zero-order valence-electron chi connectivity index (χ0n) is 20.7. The summed E-state index contributed by atoms with van der Waals surface area (Å²) >= 11 is 0. The number of nitrogens with zero attached hydrogens (tertiary/aromatic N) is 2. The number of hydrogen-bond acceptors (Lipinski definition) is 2. The second-order valence-electron chi connectivity index (χ2n) is 10.1. The van der Waals surface area contributed by atoms with Crippen molar-refractivity contribution in [2.75, 3.05) is 13.1 Å². The van der Waals surface area contributed by atoms with Gasteiger partial charge in [-0.05, 0) is 66.6 Å². The Morgan fingerprint density at radius 2 is 1.51 bits per heavy atom. The van der Waals surface area contributed by atoms with Crippen molar-refractivity contribution in [2.45, 2.75) is 44.9 Å². The molecule has 0 spiro atoms. The molecule has 2 aliphatic rings. The molecule has 2 aliphatic heterocycles. The van der Waals surface area contributed by atoms with Gasteiger partial charge in [0.2, 0.25) is 5.91 Å². The number of amides is 2. The number of carbonyl (C=O) groups is 2. The molecule has 0 bridgehead atoms. The van der Waals surface area contributed by atoms with Crippen molar-refractivity contribution in [2.24, 2.45) is 5.92 Å². The predicted octanol–water partition coefficient (Wildman–Crippen LogP) is 6.33. The van der Waals surface area contributed by atoms with E-state index in [1.807, 2.05) is 36.1 Å². The molecule has 37 heavy (non-hydrogen) atoms. The molecule has 5 rings (SSSR count). The van der Waals surface area contributed by atoms with Crippen LogP contribution in [0.5, 0.6) is 0 Å². The average molecular weight is 507 g/mol. The van der Waals surface area contributed by atoms with E-state index in [9.17, 15) is 22.8 Å². The monoisotopic (exact) mass is 506 g/mol. The van der Waals surface area contributed by atoms with Crippen molar-refractivity contribution in [3.05, 3.63) is 95.1 Å². The highest BCUT2D eigenvalue weighted by molar-refractivity contribution is 5.95. The zero-order valence-corrected chi connectivity index (χ0v) is 20.7. The van der Waals surface area contributed by atoms with Gasteiger partial charge in [0.25, 0.3) is 5.91 Å². The number of aryl methyl sites for hydroxylation is 1. The number of carbonyl (C=O) groups excluding carboxylic acids is 2. The van der Waals surface area contributed by atoms with E-state index in [0.717, 1.165) is 23.3 Å². The fraction of sp³-hybridized carbons (Fsp3) is 0.333. The van der Waals surface area contributed by atoms with Crippen molar-refractivity contribution in [3.63, 3.8) is 0 Å². The Morgan fingerprint density at radius 3 is 2.14 bits per heavy atom. The van der Waals surface area contributed by atoms with E-state index in [1.54, 1.807) is 4.90 Å². The Balaban J connectivity index is 1.24. The zero-order chi connectivity index (χ0) is 26.2. The van der Waals surface area contributed by atoms with Crippen LogP contribution in [0.25, 0.3) is 11.1 Å². The van der Waals surface area contributed by atoms with E-state index >= 15 is 0 Å². The van der Waals surface area contributed by atoms with E-state index in [0.29, 0.717) is 43.5 Å². The molecule has 0 N–H and O–H groups in total. The molecular weight excluding hydrogens is 477 g/mol. The number of piperidine rings is 2. The lowest BCUT2D eigenvalue weighted by atomic mass is 9.83. The third-order valence-electron chi connectivity index (χ3n) is 7.58. The normalized spacial score (nSPS) is 20.1. The molecular formula is C30H29F3N2O2. The summed E-state index contributed by atoms with van der Waals surface area (Å²) in [5.41, 5.74) is 3.97. The number of hydrogen-bond donors (Lipinski definition) is 0. The first-order valence-electron chi connectivity index (χ1n) is 12.6. The number of halogens is 3. The summed E-state index contributed by atoms with van der Waals surface area (Å²) in [6.07, 6.45) is -2.63. The minimum atomic E-state index is -4.38. The SMILES string of the molecule is Cc1ccc(-c2ccc(C(=O)N3CC[C@H]4[C@H](CCC(=O)N4Cc4ccc(C(F)(F)F)cc4)C3)cc2)cc1. The van der Waals surface area contributed by atoms with Crippen molar-refractivity contribution in [3.8, 4) is 11.1 Å². The van der Waals surface area contributed by atoms with Gasteiger partial charge in [-0.3, -0.25) is 9.59 Å². The fourth-order valence-electron chi connectivity index (χ4n) is 5.47. The lowest BCUT2D eigenvalue weighted by molar-refractivity contribution is -0.141. The fourth-order valence-corrected chi connectivity index (χ4v) is 5.47. The van der Waals surface area contributed by atoms with Crippen molar-refractivity contribution >= 4 is 11.8 Å². The summed E-state index contributed by atoms with van der Waals surface area (Å²) in [5.74, 6) is 0.157. The van der Waals surface area contributed by atoms with E-state index in [2.05, 4.69) is 24.3 Å². The molecule has 0 radical (unpaired) electrons. The maximum Gasteiger partial charge on any atom is 0.416 e. The maximum absolute atomic E-state index is 13.3. The van der Waals surface area contributed by atoms with Crippen molar-refractivity contribution < 1.29 is 22.8 Å². The topological polar surface area (TPSA) is 40.6 Å². The van der Waals surface area contributed by atoms with Gasteiger partial charge in [0.05, 0.1) is 5.56 Å². The molecule has 0 aromatic heterocycles. The molecule has 0 unspecified atom stereocenters. The number of fused-ring (bicyclic) bond motifs is 1. The van der Waals surface area contributed by atoms with Gasteiger partial charge in [-0.25, -0.2) is 0 Å². The van der Waals surface area contributed by atoms with E-state index < -0.39 is 11.7 Å². The first-order valence-corrected chi connectivity index (χ1v) is 12.6. The van der Waals surface area contributed by atoms with Crippen LogP contribution in [0.3, 0.4) is 0 Å². The summed E-state index contributed by atoms with van der Waals surface area (Å²) in [4.78, 5) is 29.7. The summed E-state index contributed by atoms with van der Waals surface area (Å²) in [6, 6.07) is 20.9. The standard InChI is InChI=1S/C30H29F3N2O2/c1-20-2-6-22(7-3-20)23-8-10-24(11-9-23)29(37)34-17-16-27-25(19-34)12-15-28(36)35(27)18-21-4-13-26(14-5-21)30(31,32)33/h2-11,13-14,25,27H,12,15-19H2,1H3/t25-,27+/m1/s1. The van der Waals surface area contributed by atoms with E-state index in [4.69, 9.17) is 0 Å². The van der Waals surface area contributed by atoms with Crippen LogP contribution in [0.1, 0.15) is 46.3 Å². The number of benzene rings is 3.